The number of nitrogens with zero attached hydrogens (tertiary/aromatic N) is 4. The van der Waals surface area contributed by atoms with Crippen molar-refractivity contribution in [2.75, 3.05) is 66.7 Å². The molecule has 3 aliphatic heterocycles. The van der Waals surface area contributed by atoms with Crippen LogP contribution in [-0.4, -0.2) is 86.3 Å². The van der Waals surface area contributed by atoms with Crippen LogP contribution in [0.15, 0.2) is 147 Å². The Morgan fingerprint density at radius 2 is 1.27 bits per heavy atom. The van der Waals surface area contributed by atoms with E-state index in [9.17, 15) is 0 Å². The molecule has 2 atom stereocenters. The van der Waals surface area contributed by atoms with Crippen molar-refractivity contribution < 1.29 is 18.9 Å². The van der Waals surface area contributed by atoms with E-state index in [0.717, 1.165) is 80.0 Å². The first kappa shape index (κ1) is 39.6. The highest BCUT2D eigenvalue weighted by Gasteiger charge is 2.31. The van der Waals surface area contributed by atoms with Gasteiger partial charge in [0, 0.05) is 74.3 Å². The molecule has 0 saturated carbocycles. The average molecular weight is 741 g/mol. The summed E-state index contributed by atoms with van der Waals surface area (Å²) >= 11 is 0. The molecular weight excluding hydrogens is 685 g/mol. The molecule has 8 heteroatoms. The maximum Gasteiger partial charge on any atom is 0.142 e. The van der Waals surface area contributed by atoms with Crippen molar-refractivity contribution in [1.82, 2.24) is 19.6 Å². The van der Waals surface area contributed by atoms with Crippen LogP contribution in [0.2, 0.25) is 0 Å². The first-order valence-electron chi connectivity index (χ1n) is 19.0. The van der Waals surface area contributed by atoms with Gasteiger partial charge in [-0.2, -0.15) is 0 Å². The van der Waals surface area contributed by atoms with Crippen LogP contribution in [0.4, 0.5) is 0 Å². The van der Waals surface area contributed by atoms with Crippen molar-refractivity contribution >= 4 is 0 Å². The lowest BCUT2D eigenvalue weighted by molar-refractivity contribution is 0.0659. The Labute approximate surface area is 328 Å². The molecule has 1 saturated heterocycles. The molecule has 3 aromatic carbocycles. The van der Waals surface area contributed by atoms with Crippen LogP contribution in [0.1, 0.15) is 46.6 Å². The fourth-order valence-corrected chi connectivity index (χ4v) is 7.57. The van der Waals surface area contributed by atoms with E-state index in [0.29, 0.717) is 26.9 Å². The number of allylic oxidation sites excluding steroid dienone is 3. The fourth-order valence-electron chi connectivity index (χ4n) is 7.57. The zero-order valence-electron chi connectivity index (χ0n) is 32.6. The molecule has 0 spiro atoms. The van der Waals surface area contributed by atoms with Crippen LogP contribution in [-0.2, 0) is 17.8 Å². The SMILES string of the molecule is C=CCN(C)COc1ccc(C(c2ccc3c(c2)CN(CC=C)CO3)C(/C(C)=C/C=C2/OCN(CC=C)CC2=C)c2ccc3c(c2)CN(CC=C)CO3)cc1. The summed E-state index contributed by atoms with van der Waals surface area (Å²) in [6, 6.07) is 22.0. The van der Waals surface area contributed by atoms with Gasteiger partial charge in [0.25, 0.3) is 0 Å². The molecular formula is C47H56N4O4. The molecule has 3 heterocycles. The normalized spacial score (nSPS) is 18.3. The molecule has 0 N–H and O–H groups in total. The smallest absolute Gasteiger partial charge is 0.142 e. The van der Waals surface area contributed by atoms with Crippen molar-refractivity contribution in [3.8, 4) is 17.2 Å². The van der Waals surface area contributed by atoms with E-state index in [-0.39, 0.29) is 11.8 Å². The van der Waals surface area contributed by atoms with E-state index in [2.05, 4.69) is 132 Å². The second kappa shape index (κ2) is 19.0. The van der Waals surface area contributed by atoms with Crippen molar-refractivity contribution in [3.63, 3.8) is 0 Å². The van der Waals surface area contributed by atoms with Crippen LogP contribution in [0, 0.1) is 0 Å². The van der Waals surface area contributed by atoms with Gasteiger partial charge in [-0.05, 0) is 61.0 Å². The minimum atomic E-state index is -0.0578. The molecule has 288 valence electrons. The Balaban J connectivity index is 1.45. The van der Waals surface area contributed by atoms with Gasteiger partial charge >= 0.3 is 0 Å². The lowest BCUT2D eigenvalue weighted by atomic mass is 9.73. The number of hydrogen-bond donors (Lipinski definition) is 0. The summed E-state index contributed by atoms with van der Waals surface area (Å²) in [6.45, 7) is 29.6. The maximum atomic E-state index is 6.21. The standard InChI is InChI=1S/C47H56N4O4/c1-8-22-48(7)31-52-42-17-13-37(14-18-42)47(39-16-21-45-41(27-39)30-51(25-11-4)34-55-45)46(35(5)12-19-43-36(6)28-49(23-9-2)32-53-43)38-15-20-44-40(26-38)29-50(24-10-3)33-54-44/h8-21,26-27,46-47H,1-4,6,22-25,28-34H2,5,7H3/b35-12+,43-19+. The predicted octanol–water partition coefficient (Wildman–Crippen LogP) is 8.59. The minimum absolute atomic E-state index is 0.0524. The van der Waals surface area contributed by atoms with Crippen molar-refractivity contribution in [2.45, 2.75) is 31.8 Å². The minimum Gasteiger partial charge on any atom is -0.478 e. The first-order chi connectivity index (χ1) is 26.8. The summed E-state index contributed by atoms with van der Waals surface area (Å²) in [5, 5.41) is 0. The summed E-state index contributed by atoms with van der Waals surface area (Å²) in [5.74, 6) is 3.37. The highest BCUT2D eigenvalue weighted by molar-refractivity contribution is 5.51. The monoisotopic (exact) mass is 740 g/mol. The molecule has 1 fully saturated rings. The highest BCUT2D eigenvalue weighted by Crippen LogP contribution is 2.46. The number of benzene rings is 3. The van der Waals surface area contributed by atoms with Crippen molar-refractivity contribution in [3.05, 3.63) is 175 Å². The second-order valence-corrected chi connectivity index (χ2v) is 14.6. The van der Waals surface area contributed by atoms with Gasteiger partial charge in [-0.1, -0.05) is 78.9 Å². The van der Waals surface area contributed by atoms with Gasteiger partial charge in [-0.3, -0.25) is 19.6 Å². The number of hydrogen-bond acceptors (Lipinski definition) is 8. The number of rotatable bonds is 17. The Morgan fingerprint density at radius 3 is 1.85 bits per heavy atom. The Bertz CT molecular complexity index is 1910. The van der Waals surface area contributed by atoms with Gasteiger partial charge in [-0.15, -0.1) is 26.3 Å². The van der Waals surface area contributed by atoms with Gasteiger partial charge in [0.2, 0.25) is 0 Å². The lowest BCUT2D eigenvalue weighted by Crippen LogP contribution is -2.33. The van der Waals surface area contributed by atoms with Crippen LogP contribution >= 0.6 is 0 Å². The number of fused-ring (bicyclic) bond motifs is 2. The van der Waals surface area contributed by atoms with Crippen LogP contribution in [0.25, 0.3) is 0 Å². The Morgan fingerprint density at radius 1 is 0.727 bits per heavy atom. The molecule has 0 radical (unpaired) electrons. The van der Waals surface area contributed by atoms with E-state index in [1.165, 1.54) is 27.8 Å². The van der Waals surface area contributed by atoms with Gasteiger partial charge < -0.3 is 18.9 Å². The largest absolute Gasteiger partial charge is 0.478 e. The predicted molar refractivity (Wildman–Crippen MR) is 223 cm³/mol. The molecule has 2 unspecified atom stereocenters. The second-order valence-electron chi connectivity index (χ2n) is 14.6. The fraction of sp³-hybridized carbons (Fsp3) is 0.319. The van der Waals surface area contributed by atoms with Crippen molar-refractivity contribution in [1.29, 1.82) is 0 Å². The Hall–Kier alpha value is -5.12. The number of ether oxygens (including phenoxy) is 4. The van der Waals surface area contributed by atoms with Crippen LogP contribution in [0.3, 0.4) is 0 Å². The molecule has 0 amide bonds. The summed E-state index contributed by atoms with van der Waals surface area (Å²) in [4.78, 5) is 8.76. The molecule has 8 nitrogen and oxygen atoms in total. The van der Waals surface area contributed by atoms with E-state index in [4.69, 9.17) is 18.9 Å². The molecule has 6 rings (SSSR count). The third-order valence-electron chi connectivity index (χ3n) is 10.3. The summed E-state index contributed by atoms with van der Waals surface area (Å²) < 4.78 is 24.8. The van der Waals surface area contributed by atoms with Crippen LogP contribution in [0.5, 0.6) is 17.2 Å². The van der Waals surface area contributed by atoms with Crippen molar-refractivity contribution in [2.24, 2.45) is 0 Å². The third kappa shape index (κ3) is 9.96. The average Bonchev–Trinajstić information content (AvgIpc) is 3.19. The third-order valence-corrected chi connectivity index (χ3v) is 10.3. The number of likely N-dealkylation sites (N-methyl/N-ethyl adjacent to an activating group) is 1. The lowest BCUT2D eigenvalue weighted by Gasteiger charge is -2.34. The molecule has 55 heavy (non-hydrogen) atoms. The van der Waals surface area contributed by atoms with Gasteiger partial charge in [0.15, 0.2) is 0 Å². The maximum absolute atomic E-state index is 6.21. The summed E-state index contributed by atoms with van der Waals surface area (Å²) in [7, 11) is 2.02. The van der Waals surface area contributed by atoms with E-state index in [1.807, 2.05) is 31.4 Å². The molecule has 0 bridgehead atoms. The zero-order chi connectivity index (χ0) is 38.7. The van der Waals surface area contributed by atoms with Gasteiger partial charge in [0.05, 0.1) is 0 Å². The Kier molecular flexibility index (Phi) is 13.6. The van der Waals surface area contributed by atoms with E-state index in [1.54, 1.807) is 0 Å². The van der Waals surface area contributed by atoms with E-state index < -0.39 is 0 Å². The molecule has 0 aromatic heterocycles. The zero-order valence-corrected chi connectivity index (χ0v) is 32.6. The summed E-state index contributed by atoms with van der Waals surface area (Å²) in [6.07, 6.45) is 11.9. The van der Waals surface area contributed by atoms with E-state index >= 15 is 0 Å². The highest BCUT2D eigenvalue weighted by atomic mass is 16.5. The summed E-state index contributed by atoms with van der Waals surface area (Å²) in [5.41, 5.74) is 8.05. The van der Waals surface area contributed by atoms with Crippen LogP contribution < -0.4 is 14.2 Å². The quantitative estimate of drug-likeness (QED) is 0.101. The molecule has 3 aromatic rings. The molecule has 0 aliphatic carbocycles. The molecule has 3 aliphatic rings. The first-order valence-corrected chi connectivity index (χ1v) is 19.0. The van der Waals surface area contributed by atoms with Gasteiger partial charge in [-0.25, -0.2) is 0 Å². The van der Waals surface area contributed by atoms with Gasteiger partial charge in [0.1, 0.15) is 49.9 Å². The topological polar surface area (TPSA) is 49.9 Å².